The average Bonchev–Trinajstić information content (AvgIpc) is 2.70. The van der Waals surface area contributed by atoms with Crippen LogP contribution >= 0.6 is 0 Å². The first-order valence-electron chi connectivity index (χ1n) is 9.76. The van der Waals surface area contributed by atoms with Crippen molar-refractivity contribution in [2.75, 3.05) is 18.4 Å². The first-order chi connectivity index (χ1) is 13.2. The smallest absolute Gasteiger partial charge is 0.228 e. The third kappa shape index (κ3) is 4.04. The van der Waals surface area contributed by atoms with Crippen LogP contribution in [0, 0.1) is 12.8 Å². The molecule has 4 rings (SSSR count). The number of carbonyl (C=O) groups excluding carboxylic acids is 1. The van der Waals surface area contributed by atoms with E-state index in [0.29, 0.717) is 0 Å². The normalized spacial score (nSPS) is 17.7. The molecule has 1 aliphatic heterocycles. The Morgan fingerprint density at radius 3 is 2.70 bits per heavy atom. The lowest BCUT2D eigenvalue weighted by atomic mass is 9.95. The fourth-order valence-corrected chi connectivity index (χ4v) is 4.03. The molecule has 0 bridgehead atoms. The molecule has 1 aliphatic rings. The number of para-hydroxylation sites is 1. The first-order valence-corrected chi connectivity index (χ1v) is 9.76. The van der Waals surface area contributed by atoms with Crippen LogP contribution in [0.5, 0.6) is 0 Å². The van der Waals surface area contributed by atoms with E-state index < -0.39 is 0 Å². The topological polar surface area (TPSA) is 32.3 Å². The Kier molecular flexibility index (Phi) is 5.21. The Labute approximate surface area is 161 Å². The fraction of sp³-hybridized carbons (Fsp3) is 0.292. The molecule has 3 nitrogen and oxygen atoms in total. The van der Waals surface area contributed by atoms with E-state index in [1.807, 2.05) is 31.2 Å². The maximum atomic E-state index is 12.8. The SMILES string of the molecule is Cc1ccccc1NC(=O)C1CCCN(Cc2cccc3ccccc23)C1. The van der Waals surface area contributed by atoms with E-state index in [4.69, 9.17) is 0 Å². The Morgan fingerprint density at radius 1 is 1.04 bits per heavy atom. The minimum Gasteiger partial charge on any atom is -0.326 e. The average molecular weight is 358 g/mol. The predicted molar refractivity (Wildman–Crippen MR) is 112 cm³/mol. The van der Waals surface area contributed by atoms with Crippen LogP contribution < -0.4 is 5.32 Å². The number of likely N-dealkylation sites (tertiary alicyclic amines) is 1. The summed E-state index contributed by atoms with van der Waals surface area (Å²) in [4.78, 5) is 15.2. The maximum absolute atomic E-state index is 12.8. The van der Waals surface area contributed by atoms with E-state index in [0.717, 1.165) is 43.7 Å². The zero-order valence-corrected chi connectivity index (χ0v) is 15.8. The van der Waals surface area contributed by atoms with E-state index in [9.17, 15) is 4.79 Å². The Bertz CT molecular complexity index is 945. The zero-order valence-electron chi connectivity index (χ0n) is 15.8. The summed E-state index contributed by atoms with van der Waals surface area (Å²) in [5.74, 6) is 0.195. The van der Waals surface area contributed by atoms with Crippen molar-refractivity contribution in [2.24, 2.45) is 5.92 Å². The molecule has 3 aromatic rings. The van der Waals surface area contributed by atoms with Gasteiger partial charge in [0.15, 0.2) is 0 Å². The molecule has 1 atom stereocenters. The highest BCUT2D eigenvalue weighted by atomic mass is 16.1. The molecule has 1 N–H and O–H groups in total. The molecule has 138 valence electrons. The summed E-state index contributed by atoms with van der Waals surface area (Å²) >= 11 is 0. The molecule has 1 saturated heterocycles. The highest BCUT2D eigenvalue weighted by Gasteiger charge is 2.26. The van der Waals surface area contributed by atoms with Crippen molar-refractivity contribution in [3.8, 4) is 0 Å². The minimum atomic E-state index is 0.0494. The van der Waals surface area contributed by atoms with Gasteiger partial charge in [0.05, 0.1) is 5.92 Å². The zero-order chi connectivity index (χ0) is 18.6. The lowest BCUT2D eigenvalue weighted by molar-refractivity contribution is -0.121. The van der Waals surface area contributed by atoms with Gasteiger partial charge in [0, 0.05) is 18.8 Å². The number of aryl methyl sites for hydroxylation is 1. The van der Waals surface area contributed by atoms with Gasteiger partial charge in [-0.3, -0.25) is 9.69 Å². The summed E-state index contributed by atoms with van der Waals surface area (Å²) in [6, 6.07) is 23.0. The third-order valence-electron chi connectivity index (χ3n) is 5.55. The molecule has 1 heterocycles. The summed E-state index contributed by atoms with van der Waals surface area (Å²) < 4.78 is 0. The van der Waals surface area contributed by atoms with Crippen molar-refractivity contribution in [1.29, 1.82) is 0 Å². The largest absolute Gasteiger partial charge is 0.326 e. The van der Waals surface area contributed by atoms with Gasteiger partial charge < -0.3 is 5.32 Å². The minimum absolute atomic E-state index is 0.0494. The van der Waals surface area contributed by atoms with Gasteiger partial charge in [-0.25, -0.2) is 0 Å². The molecule has 0 saturated carbocycles. The predicted octanol–water partition coefficient (Wildman–Crippen LogP) is 5.00. The molecule has 0 spiro atoms. The van der Waals surface area contributed by atoms with Crippen molar-refractivity contribution >= 4 is 22.4 Å². The monoisotopic (exact) mass is 358 g/mol. The van der Waals surface area contributed by atoms with Crippen molar-refractivity contribution in [3.05, 3.63) is 77.9 Å². The fourth-order valence-electron chi connectivity index (χ4n) is 4.03. The number of anilines is 1. The van der Waals surface area contributed by atoms with E-state index in [2.05, 4.69) is 52.7 Å². The standard InChI is InChI=1S/C24H26N2O/c1-18-8-2-5-14-23(18)25-24(27)21-12-7-15-26(17-21)16-20-11-6-10-19-9-3-4-13-22(19)20/h2-6,8-11,13-14,21H,7,12,15-17H2,1H3,(H,25,27). The molecule has 1 unspecified atom stereocenters. The molecule has 1 amide bonds. The second-order valence-electron chi connectivity index (χ2n) is 7.52. The number of fused-ring (bicyclic) bond motifs is 1. The summed E-state index contributed by atoms with van der Waals surface area (Å²) in [6.45, 7) is 4.80. The van der Waals surface area contributed by atoms with Crippen molar-refractivity contribution in [2.45, 2.75) is 26.3 Å². The van der Waals surface area contributed by atoms with Gasteiger partial charge in [0.1, 0.15) is 0 Å². The number of nitrogens with zero attached hydrogens (tertiary/aromatic N) is 1. The molecule has 0 radical (unpaired) electrons. The molecule has 3 heteroatoms. The molecular weight excluding hydrogens is 332 g/mol. The highest BCUT2D eigenvalue weighted by molar-refractivity contribution is 5.93. The van der Waals surface area contributed by atoms with Gasteiger partial charge in [0.2, 0.25) is 5.91 Å². The molecule has 27 heavy (non-hydrogen) atoms. The van der Waals surface area contributed by atoms with Gasteiger partial charge in [-0.2, -0.15) is 0 Å². The number of rotatable bonds is 4. The van der Waals surface area contributed by atoms with E-state index in [1.54, 1.807) is 0 Å². The second-order valence-corrected chi connectivity index (χ2v) is 7.52. The molecular formula is C24H26N2O. The van der Waals surface area contributed by atoms with Crippen LogP contribution in [0.25, 0.3) is 10.8 Å². The van der Waals surface area contributed by atoms with Crippen LogP contribution in [0.1, 0.15) is 24.0 Å². The first kappa shape index (κ1) is 17.7. The quantitative estimate of drug-likeness (QED) is 0.712. The Balaban J connectivity index is 1.45. The van der Waals surface area contributed by atoms with Gasteiger partial charge >= 0.3 is 0 Å². The highest BCUT2D eigenvalue weighted by Crippen LogP contribution is 2.24. The summed E-state index contributed by atoms with van der Waals surface area (Å²) in [5.41, 5.74) is 3.37. The molecule has 0 aromatic heterocycles. The third-order valence-corrected chi connectivity index (χ3v) is 5.55. The van der Waals surface area contributed by atoms with Crippen LogP contribution in [0.3, 0.4) is 0 Å². The summed E-state index contributed by atoms with van der Waals surface area (Å²) in [5, 5.41) is 5.72. The van der Waals surface area contributed by atoms with E-state index in [1.165, 1.54) is 16.3 Å². The van der Waals surface area contributed by atoms with Gasteiger partial charge in [-0.15, -0.1) is 0 Å². The number of piperidine rings is 1. The lowest BCUT2D eigenvalue weighted by Gasteiger charge is -2.32. The summed E-state index contributed by atoms with van der Waals surface area (Å²) in [6.07, 6.45) is 2.03. The number of hydrogen-bond acceptors (Lipinski definition) is 2. The van der Waals surface area contributed by atoms with Crippen LogP contribution in [0.15, 0.2) is 66.7 Å². The van der Waals surface area contributed by atoms with Crippen molar-refractivity contribution < 1.29 is 4.79 Å². The number of benzene rings is 3. The van der Waals surface area contributed by atoms with E-state index in [-0.39, 0.29) is 11.8 Å². The van der Waals surface area contributed by atoms with Crippen LogP contribution in [-0.2, 0) is 11.3 Å². The molecule has 3 aromatic carbocycles. The van der Waals surface area contributed by atoms with E-state index >= 15 is 0 Å². The molecule has 1 fully saturated rings. The molecule has 0 aliphatic carbocycles. The maximum Gasteiger partial charge on any atom is 0.228 e. The second kappa shape index (κ2) is 7.93. The Hall–Kier alpha value is -2.65. The van der Waals surface area contributed by atoms with Crippen LogP contribution in [0.4, 0.5) is 5.69 Å². The Morgan fingerprint density at radius 2 is 1.81 bits per heavy atom. The summed E-state index contributed by atoms with van der Waals surface area (Å²) in [7, 11) is 0. The van der Waals surface area contributed by atoms with Gasteiger partial charge in [-0.05, 0) is 54.3 Å². The number of nitrogens with one attached hydrogen (secondary N) is 1. The van der Waals surface area contributed by atoms with Crippen LogP contribution in [0.2, 0.25) is 0 Å². The number of amides is 1. The van der Waals surface area contributed by atoms with Gasteiger partial charge in [0.25, 0.3) is 0 Å². The lowest BCUT2D eigenvalue weighted by Crippen LogP contribution is -2.40. The number of carbonyl (C=O) groups is 1. The van der Waals surface area contributed by atoms with Crippen molar-refractivity contribution in [1.82, 2.24) is 4.90 Å². The number of hydrogen-bond donors (Lipinski definition) is 1. The van der Waals surface area contributed by atoms with Gasteiger partial charge in [-0.1, -0.05) is 60.7 Å². The van der Waals surface area contributed by atoms with Crippen molar-refractivity contribution in [3.63, 3.8) is 0 Å². The van der Waals surface area contributed by atoms with Crippen LogP contribution in [-0.4, -0.2) is 23.9 Å².